The summed E-state index contributed by atoms with van der Waals surface area (Å²) in [6, 6.07) is 10.2. The third-order valence-electron chi connectivity index (χ3n) is 2.62. The number of nitrogens with one attached hydrogen (secondary N) is 1. The summed E-state index contributed by atoms with van der Waals surface area (Å²) in [6.07, 6.45) is 2.95. The Kier molecular flexibility index (Phi) is 4.66. The largest absolute Gasteiger partial charge is 0.384 e. The van der Waals surface area contributed by atoms with Crippen molar-refractivity contribution in [2.24, 2.45) is 0 Å². The second-order valence-electron chi connectivity index (χ2n) is 4.03. The van der Waals surface area contributed by atoms with Crippen molar-refractivity contribution in [3.05, 3.63) is 59.4 Å². The fourth-order valence-corrected chi connectivity index (χ4v) is 1.69. The molecule has 102 valence electrons. The second kappa shape index (κ2) is 6.85. The monoisotopic (exact) mass is 277 g/mol. The van der Waals surface area contributed by atoms with E-state index >= 15 is 0 Å². The van der Waals surface area contributed by atoms with Gasteiger partial charge in [0.2, 0.25) is 0 Å². The van der Waals surface area contributed by atoms with Crippen LogP contribution in [0.1, 0.15) is 21.5 Å². The number of anilines is 1. The lowest BCUT2D eigenvalue weighted by molar-refractivity contribution is 0.102. The van der Waals surface area contributed by atoms with Gasteiger partial charge in [-0.3, -0.25) is 9.78 Å². The molecular formula is C16H11N3O2. The maximum absolute atomic E-state index is 12.2. The van der Waals surface area contributed by atoms with Crippen LogP contribution in [0.5, 0.6) is 0 Å². The Labute approximate surface area is 121 Å². The SMILES string of the molecule is N#Cc1cccc(NC(=O)c2ccncc2C#CCO)c1. The van der Waals surface area contributed by atoms with Crippen LogP contribution in [0.25, 0.3) is 0 Å². The quantitative estimate of drug-likeness (QED) is 0.815. The van der Waals surface area contributed by atoms with Gasteiger partial charge in [0.25, 0.3) is 5.91 Å². The predicted molar refractivity (Wildman–Crippen MR) is 77.3 cm³/mol. The van der Waals surface area contributed by atoms with Crippen molar-refractivity contribution in [3.63, 3.8) is 0 Å². The Bertz CT molecular complexity index is 767. The van der Waals surface area contributed by atoms with Crippen LogP contribution in [0.3, 0.4) is 0 Å². The Morgan fingerprint density at radius 1 is 1.38 bits per heavy atom. The van der Waals surface area contributed by atoms with E-state index < -0.39 is 0 Å². The van der Waals surface area contributed by atoms with Crippen molar-refractivity contribution in [1.29, 1.82) is 5.26 Å². The Morgan fingerprint density at radius 3 is 3.00 bits per heavy atom. The standard InChI is InChI=1S/C16H11N3O2/c17-10-12-3-1-5-14(9-12)19-16(21)15-6-7-18-11-13(15)4-2-8-20/h1,3,5-7,9,11,20H,8H2,(H,19,21). The van der Waals surface area contributed by atoms with E-state index in [9.17, 15) is 4.79 Å². The number of aromatic nitrogens is 1. The van der Waals surface area contributed by atoms with Gasteiger partial charge < -0.3 is 10.4 Å². The van der Waals surface area contributed by atoms with Crippen molar-refractivity contribution >= 4 is 11.6 Å². The number of hydrogen-bond donors (Lipinski definition) is 2. The van der Waals surface area contributed by atoms with Crippen LogP contribution in [0.4, 0.5) is 5.69 Å². The minimum absolute atomic E-state index is 0.291. The van der Waals surface area contributed by atoms with Gasteiger partial charge in [0.15, 0.2) is 0 Å². The number of nitrogens with zero attached hydrogens (tertiary/aromatic N) is 2. The lowest BCUT2D eigenvalue weighted by Gasteiger charge is -2.06. The van der Waals surface area contributed by atoms with Crippen molar-refractivity contribution < 1.29 is 9.90 Å². The molecule has 2 rings (SSSR count). The highest BCUT2D eigenvalue weighted by Crippen LogP contribution is 2.13. The number of carbonyl (C=O) groups excluding carboxylic acids is 1. The highest BCUT2D eigenvalue weighted by molar-refractivity contribution is 6.05. The summed E-state index contributed by atoms with van der Waals surface area (Å²) in [5.41, 5.74) is 1.77. The van der Waals surface area contributed by atoms with Gasteiger partial charge in [-0.05, 0) is 24.3 Å². The molecule has 2 aromatic rings. The molecule has 0 aliphatic heterocycles. The van der Waals surface area contributed by atoms with E-state index in [-0.39, 0.29) is 12.5 Å². The number of carbonyl (C=O) groups is 1. The first-order chi connectivity index (χ1) is 10.2. The maximum Gasteiger partial charge on any atom is 0.257 e. The van der Waals surface area contributed by atoms with E-state index in [4.69, 9.17) is 10.4 Å². The summed E-state index contributed by atoms with van der Waals surface area (Å²) in [4.78, 5) is 16.2. The Morgan fingerprint density at radius 2 is 2.24 bits per heavy atom. The zero-order valence-corrected chi connectivity index (χ0v) is 11.0. The Hall–Kier alpha value is -3.15. The van der Waals surface area contributed by atoms with Crippen LogP contribution < -0.4 is 5.32 Å². The topological polar surface area (TPSA) is 86.0 Å². The Balaban J connectivity index is 2.26. The van der Waals surface area contributed by atoms with Crippen molar-refractivity contribution in [2.45, 2.75) is 0 Å². The van der Waals surface area contributed by atoms with Crippen LogP contribution >= 0.6 is 0 Å². The number of amides is 1. The highest BCUT2D eigenvalue weighted by atomic mass is 16.2. The number of benzene rings is 1. The third-order valence-corrected chi connectivity index (χ3v) is 2.62. The second-order valence-corrected chi connectivity index (χ2v) is 4.03. The van der Waals surface area contributed by atoms with Crippen molar-refractivity contribution in [2.75, 3.05) is 11.9 Å². The number of rotatable bonds is 2. The molecule has 5 nitrogen and oxygen atoms in total. The zero-order valence-electron chi connectivity index (χ0n) is 11.0. The molecule has 0 aliphatic carbocycles. The van der Waals surface area contributed by atoms with Gasteiger partial charge in [0.1, 0.15) is 6.61 Å². The first-order valence-corrected chi connectivity index (χ1v) is 6.10. The summed E-state index contributed by atoms with van der Waals surface area (Å²) in [6.45, 7) is -0.291. The van der Waals surface area contributed by atoms with E-state index in [1.165, 1.54) is 12.4 Å². The highest BCUT2D eigenvalue weighted by Gasteiger charge is 2.10. The first-order valence-electron chi connectivity index (χ1n) is 6.10. The van der Waals surface area contributed by atoms with Gasteiger partial charge in [0.05, 0.1) is 22.8 Å². The molecule has 0 saturated heterocycles. The predicted octanol–water partition coefficient (Wildman–Crippen LogP) is 1.55. The molecule has 1 aromatic carbocycles. The molecular weight excluding hydrogens is 266 g/mol. The molecule has 1 aromatic heterocycles. The minimum atomic E-state index is -0.352. The molecule has 1 heterocycles. The van der Waals surface area contributed by atoms with E-state index in [0.717, 1.165) is 0 Å². The van der Waals surface area contributed by atoms with Crippen LogP contribution in [-0.4, -0.2) is 22.6 Å². The molecule has 0 bridgehead atoms. The average Bonchev–Trinajstić information content (AvgIpc) is 2.53. The van der Waals surface area contributed by atoms with Gasteiger partial charge in [-0.15, -0.1) is 0 Å². The number of aliphatic hydroxyl groups excluding tert-OH is 1. The fourth-order valence-electron chi connectivity index (χ4n) is 1.69. The lowest BCUT2D eigenvalue weighted by atomic mass is 10.1. The minimum Gasteiger partial charge on any atom is -0.384 e. The summed E-state index contributed by atoms with van der Waals surface area (Å²) in [7, 11) is 0. The maximum atomic E-state index is 12.2. The normalized spacial score (nSPS) is 9.14. The zero-order chi connectivity index (χ0) is 15.1. The molecule has 0 fully saturated rings. The van der Waals surface area contributed by atoms with E-state index in [1.807, 2.05) is 6.07 Å². The molecule has 21 heavy (non-hydrogen) atoms. The molecule has 0 atom stereocenters. The lowest BCUT2D eigenvalue weighted by Crippen LogP contribution is -2.13. The molecule has 5 heteroatoms. The summed E-state index contributed by atoms with van der Waals surface area (Å²) >= 11 is 0. The average molecular weight is 277 g/mol. The van der Waals surface area contributed by atoms with Gasteiger partial charge in [0, 0.05) is 18.1 Å². The van der Waals surface area contributed by atoms with Gasteiger partial charge in [-0.25, -0.2) is 0 Å². The molecule has 1 amide bonds. The molecule has 0 aliphatic rings. The van der Waals surface area contributed by atoms with Crippen LogP contribution in [0.15, 0.2) is 42.7 Å². The summed E-state index contributed by atoms with van der Waals surface area (Å²) < 4.78 is 0. The number of nitriles is 1. The van der Waals surface area contributed by atoms with E-state index in [2.05, 4.69) is 22.1 Å². The van der Waals surface area contributed by atoms with Gasteiger partial charge in [-0.1, -0.05) is 17.9 Å². The summed E-state index contributed by atoms with van der Waals surface area (Å²) in [5, 5.41) is 20.3. The smallest absolute Gasteiger partial charge is 0.257 e. The third kappa shape index (κ3) is 3.66. The van der Waals surface area contributed by atoms with E-state index in [1.54, 1.807) is 30.3 Å². The van der Waals surface area contributed by atoms with Crippen molar-refractivity contribution in [3.8, 4) is 17.9 Å². The first kappa shape index (κ1) is 14.3. The van der Waals surface area contributed by atoms with Gasteiger partial charge >= 0.3 is 0 Å². The van der Waals surface area contributed by atoms with Crippen molar-refractivity contribution in [1.82, 2.24) is 4.98 Å². The fraction of sp³-hybridized carbons (Fsp3) is 0.0625. The van der Waals surface area contributed by atoms with Crippen LogP contribution in [0.2, 0.25) is 0 Å². The number of hydrogen-bond acceptors (Lipinski definition) is 4. The van der Waals surface area contributed by atoms with Gasteiger partial charge in [-0.2, -0.15) is 5.26 Å². The molecule has 0 radical (unpaired) electrons. The molecule has 0 unspecified atom stereocenters. The van der Waals surface area contributed by atoms with E-state index in [0.29, 0.717) is 22.4 Å². The van der Waals surface area contributed by atoms with Crippen LogP contribution in [0, 0.1) is 23.2 Å². The number of pyridine rings is 1. The van der Waals surface area contributed by atoms with Crippen LogP contribution in [-0.2, 0) is 0 Å². The molecule has 0 spiro atoms. The molecule has 0 saturated carbocycles. The number of aliphatic hydroxyl groups is 1. The molecule has 2 N–H and O–H groups in total. The summed E-state index contributed by atoms with van der Waals surface area (Å²) in [5.74, 6) is 4.81.